The normalized spacial score (nSPS) is 25.9. The molecule has 2 heterocycles. The lowest BCUT2D eigenvalue weighted by Gasteiger charge is -2.33. The molecule has 0 spiro atoms. The highest BCUT2D eigenvalue weighted by molar-refractivity contribution is 5.78. The number of piperazine rings is 1. The Bertz CT molecular complexity index is 306. The van der Waals surface area contributed by atoms with Gasteiger partial charge in [0, 0.05) is 45.8 Å². The molecule has 2 aliphatic rings. The first-order valence-electron chi connectivity index (χ1n) is 7.70. The molecule has 0 saturated carbocycles. The van der Waals surface area contributed by atoms with Crippen LogP contribution in [0.15, 0.2) is 0 Å². The Morgan fingerprint density at radius 1 is 1.25 bits per heavy atom. The number of hydrogen-bond donors (Lipinski definition) is 1. The Balaban J connectivity index is 1.61. The van der Waals surface area contributed by atoms with E-state index in [1.807, 2.05) is 4.90 Å². The van der Waals surface area contributed by atoms with Crippen LogP contribution < -0.4 is 5.32 Å². The molecule has 0 radical (unpaired) electrons. The van der Waals surface area contributed by atoms with Crippen LogP contribution in [-0.2, 0) is 9.53 Å². The van der Waals surface area contributed by atoms with Gasteiger partial charge in [0.2, 0.25) is 5.91 Å². The molecule has 2 aliphatic heterocycles. The fourth-order valence-corrected chi connectivity index (χ4v) is 2.70. The zero-order chi connectivity index (χ0) is 14.4. The molecule has 116 valence electrons. The van der Waals surface area contributed by atoms with E-state index < -0.39 is 0 Å². The quantitative estimate of drug-likeness (QED) is 0.707. The van der Waals surface area contributed by atoms with E-state index in [2.05, 4.69) is 29.1 Å². The van der Waals surface area contributed by atoms with Crippen LogP contribution >= 0.6 is 0 Å². The number of amides is 1. The standard InChI is InChI=1S/C14H28N4O2/c1-3-17-8-9-20-13(12-17)10-15-11-14(19)18-6-4-16(2)5-7-18/h13,15H,3-12H2,1-2H3. The van der Waals surface area contributed by atoms with Crippen LogP contribution in [0.4, 0.5) is 0 Å². The van der Waals surface area contributed by atoms with E-state index in [-0.39, 0.29) is 12.0 Å². The van der Waals surface area contributed by atoms with Crippen molar-refractivity contribution in [1.82, 2.24) is 20.0 Å². The maximum absolute atomic E-state index is 12.1. The Morgan fingerprint density at radius 2 is 2.00 bits per heavy atom. The summed E-state index contributed by atoms with van der Waals surface area (Å²) in [7, 11) is 2.10. The van der Waals surface area contributed by atoms with E-state index >= 15 is 0 Å². The van der Waals surface area contributed by atoms with Crippen molar-refractivity contribution in [2.75, 3.05) is 72.6 Å². The molecule has 6 nitrogen and oxygen atoms in total. The Labute approximate surface area is 122 Å². The van der Waals surface area contributed by atoms with E-state index in [9.17, 15) is 4.79 Å². The van der Waals surface area contributed by atoms with Crippen molar-refractivity contribution in [3.8, 4) is 0 Å². The lowest BCUT2D eigenvalue weighted by atomic mass is 10.2. The molecule has 0 aliphatic carbocycles. The van der Waals surface area contributed by atoms with E-state index in [1.54, 1.807) is 0 Å². The first-order chi connectivity index (χ1) is 9.69. The molecule has 0 bridgehead atoms. The monoisotopic (exact) mass is 284 g/mol. The molecule has 20 heavy (non-hydrogen) atoms. The SMILES string of the molecule is CCN1CCOC(CNCC(=O)N2CCN(C)CC2)C1. The minimum atomic E-state index is 0.209. The van der Waals surface area contributed by atoms with Crippen molar-refractivity contribution in [1.29, 1.82) is 0 Å². The molecule has 1 unspecified atom stereocenters. The lowest BCUT2D eigenvalue weighted by molar-refractivity contribution is -0.131. The second-order valence-electron chi connectivity index (χ2n) is 5.70. The van der Waals surface area contributed by atoms with Crippen LogP contribution in [0.5, 0.6) is 0 Å². The third-order valence-corrected chi connectivity index (χ3v) is 4.17. The lowest BCUT2D eigenvalue weighted by Crippen LogP contribution is -2.51. The predicted molar refractivity (Wildman–Crippen MR) is 78.8 cm³/mol. The smallest absolute Gasteiger partial charge is 0.236 e. The Morgan fingerprint density at radius 3 is 2.70 bits per heavy atom. The van der Waals surface area contributed by atoms with Crippen LogP contribution in [0, 0.1) is 0 Å². The maximum atomic E-state index is 12.1. The summed E-state index contributed by atoms with van der Waals surface area (Å²) in [5, 5.41) is 3.25. The van der Waals surface area contributed by atoms with Gasteiger partial charge >= 0.3 is 0 Å². The van der Waals surface area contributed by atoms with Crippen LogP contribution in [0.1, 0.15) is 6.92 Å². The van der Waals surface area contributed by atoms with Crippen LogP contribution in [0.3, 0.4) is 0 Å². The minimum absolute atomic E-state index is 0.209. The zero-order valence-electron chi connectivity index (χ0n) is 12.8. The number of nitrogens with one attached hydrogen (secondary N) is 1. The highest BCUT2D eigenvalue weighted by atomic mass is 16.5. The van der Waals surface area contributed by atoms with Crippen LogP contribution in [0.25, 0.3) is 0 Å². The van der Waals surface area contributed by atoms with Gasteiger partial charge < -0.3 is 19.9 Å². The molecule has 1 amide bonds. The third kappa shape index (κ3) is 4.70. The molecule has 0 aromatic heterocycles. The number of nitrogens with zero attached hydrogens (tertiary/aromatic N) is 3. The van der Waals surface area contributed by atoms with Crippen molar-refractivity contribution in [3.05, 3.63) is 0 Å². The number of rotatable bonds is 5. The van der Waals surface area contributed by atoms with Crippen molar-refractivity contribution in [3.63, 3.8) is 0 Å². The average molecular weight is 284 g/mol. The molecule has 1 atom stereocenters. The average Bonchev–Trinajstić information content (AvgIpc) is 2.48. The third-order valence-electron chi connectivity index (χ3n) is 4.17. The highest BCUT2D eigenvalue weighted by Gasteiger charge is 2.21. The van der Waals surface area contributed by atoms with E-state index in [0.29, 0.717) is 6.54 Å². The van der Waals surface area contributed by atoms with Gasteiger partial charge in [0.15, 0.2) is 0 Å². The van der Waals surface area contributed by atoms with Crippen molar-refractivity contribution in [2.24, 2.45) is 0 Å². The van der Waals surface area contributed by atoms with Crippen molar-refractivity contribution >= 4 is 5.91 Å². The van der Waals surface area contributed by atoms with Gasteiger partial charge in [-0.1, -0.05) is 6.92 Å². The molecule has 2 rings (SSSR count). The Hall–Kier alpha value is -0.690. The Kier molecular flexibility index (Phi) is 6.22. The number of carbonyl (C=O) groups excluding carboxylic acids is 1. The molecular weight excluding hydrogens is 256 g/mol. The van der Waals surface area contributed by atoms with Gasteiger partial charge in [-0.2, -0.15) is 0 Å². The number of carbonyl (C=O) groups is 1. The van der Waals surface area contributed by atoms with E-state index in [1.165, 1.54) is 0 Å². The van der Waals surface area contributed by atoms with Crippen LogP contribution in [-0.4, -0.2) is 99.3 Å². The summed E-state index contributed by atoms with van der Waals surface area (Å²) < 4.78 is 5.72. The topological polar surface area (TPSA) is 48.1 Å². The summed E-state index contributed by atoms with van der Waals surface area (Å²) in [6.45, 7) is 10.9. The molecule has 2 saturated heterocycles. The van der Waals surface area contributed by atoms with Gasteiger partial charge in [0.1, 0.15) is 0 Å². The molecule has 0 aromatic rings. The number of hydrogen-bond acceptors (Lipinski definition) is 5. The summed E-state index contributed by atoms with van der Waals surface area (Å²) in [4.78, 5) is 18.7. The summed E-state index contributed by atoms with van der Waals surface area (Å²) in [5.74, 6) is 0.209. The second-order valence-corrected chi connectivity index (χ2v) is 5.70. The van der Waals surface area contributed by atoms with Gasteiger partial charge in [-0.25, -0.2) is 0 Å². The second kappa shape index (κ2) is 7.93. The van der Waals surface area contributed by atoms with Gasteiger partial charge in [-0.05, 0) is 13.6 Å². The summed E-state index contributed by atoms with van der Waals surface area (Å²) >= 11 is 0. The predicted octanol–water partition coefficient (Wildman–Crippen LogP) is -0.929. The summed E-state index contributed by atoms with van der Waals surface area (Å²) in [6, 6.07) is 0. The maximum Gasteiger partial charge on any atom is 0.236 e. The molecule has 2 fully saturated rings. The summed E-state index contributed by atoms with van der Waals surface area (Å²) in [5.41, 5.74) is 0. The largest absolute Gasteiger partial charge is 0.374 e. The summed E-state index contributed by atoms with van der Waals surface area (Å²) in [6.07, 6.45) is 0.212. The highest BCUT2D eigenvalue weighted by Crippen LogP contribution is 2.04. The fourth-order valence-electron chi connectivity index (χ4n) is 2.70. The van der Waals surface area contributed by atoms with Gasteiger partial charge in [0.05, 0.1) is 19.3 Å². The molecule has 1 N–H and O–H groups in total. The molecule has 0 aromatic carbocycles. The van der Waals surface area contributed by atoms with Crippen LogP contribution in [0.2, 0.25) is 0 Å². The minimum Gasteiger partial charge on any atom is -0.374 e. The van der Waals surface area contributed by atoms with Crippen molar-refractivity contribution in [2.45, 2.75) is 13.0 Å². The van der Waals surface area contributed by atoms with E-state index in [4.69, 9.17) is 4.74 Å². The number of morpholine rings is 1. The van der Waals surface area contributed by atoms with E-state index in [0.717, 1.165) is 59.0 Å². The first kappa shape index (κ1) is 15.7. The zero-order valence-corrected chi connectivity index (χ0v) is 12.8. The first-order valence-corrected chi connectivity index (χ1v) is 7.70. The number of ether oxygens (including phenoxy) is 1. The van der Waals surface area contributed by atoms with Gasteiger partial charge in [-0.15, -0.1) is 0 Å². The fraction of sp³-hybridized carbons (Fsp3) is 0.929. The molecular formula is C14H28N4O2. The number of likely N-dealkylation sites (N-methyl/N-ethyl adjacent to an activating group) is 2. The molecule has 6 heteroatoms. The van der Waals surface area contributed by atoms with Gasteiger partial charge in [0.25, 0.3) is 0 Å². The van der Waals surface area contributed by atoms with Gasteiger partial charge in [-0.3, -0.25) is 9.69 Å². The van der Waals surface area contributed by atoms with Crippen molar-refractivity contribution < 1.29 is 9.53 Å².